The van der Waals surface area contributed by atoms with E-state index in [1.807, 2.05) is 6.92 Å². The summed E-state index contributed by atoms with van der Waals surface area (Å²) >= 11 is 0. The molecule has 0 aliphatic carbocycles. The maximum Gasteiger partial charge on any atom is 0.0675 e. The molecular weight excluding hydrogens is 154 g/mol. The topological polar surface area (TPSA) is 43.7 Å². The lowest BCUT2D eigenvalue weighted by Crippen LogP contribution is -2.52. The minimum Gasteiger partial charge on any atom is -0.394 e. The van der Waals surface area contributed by atoms with Crippen LogP contribution in [0.5, 0.6) is 0 Å². The van der Waals surface area contributed by atoms with Crippen LogP contribution in [-0.4, -0.2) is 47.0 Å². The van der Waals surface area contributed by atoms with Gasteiger partial charge < -0.3 is 10.2 Å². The zero-order chi connectivity index (χ0) is 9.03. The maximum atomic E-state index is 9.21. The van der Waals surface area contributed by atoms with E-state index in [0.717, 1.165) is 19.5 Å². The van der Waals surface area contributed by atoms with Crippen LogP contribution in [0.4, 0.5) is 0 Å². The molecule has 1 heterocycles. The summed E-state index contributed by atoms with van der Waals surface area (Å²) in [6.45, 7) is 3.73. The molecule has 0 saturated carbocycles. The summed E-state index contributed by atoms with van der Waals surface area (Å²) in [4.78, 5) is 2.10. The molecule has 1 rings (SSSR count). The number of nitrogens with zero attached hydrogens (tertiary/aromatic N) is 1. The standard InChI is InChI=1S/C9H17NO2/c1-2-9(7-11,8-12)10-5-3-4-6-10/h3-4,11-12H,2,5-8H2,1H3. The highest BCUT2D eigenvalue weighted by atomic mass is 16.3. The summed E-state index contributed by atoms with van der Waals surface area (Å²) in [6, 6.07) is 0. The predicted molar refractivity (Wildman–Crippen MR) is 47.9 cm³/mol. The van der Waals surface area contributed by atoms with Crippen LogP contribution in [-0.2, 0) is 0 Å². The summed E-state index contributed by atoms with van der Waals surface area (Å²) in [5, 5.41) is 18.4. The van der Waals surface area contributed by atoms with Gasteiger partial charge in [-0.3, -0.25) is 4.90 Å². The molecule has 0 aromatic heterocycles. The molecule has 70 valence electrons. The van der Waals surface area contributed by atoms with Crippen LogP contribution < -0.4 is 0 Å². The van der Waals surface area contributed by atoms with Crippen LogP contribution in [0.25, 0.3) is 0 Å². The first-order valence-electron chi connectivity index (χ1n) is 4.41. The summed E-state index contributed by atoms with van der Waals surface area (Å²) in [5.74, 6) is 0. The second-order valence-electron chi connectivity index (χ2n) is 3.27. The monoisotopic (exact) mass is 171 g/mol. The van der Waals surface area contributed by atoms with E-state index in [1.165, 1.54) is 0 Å². The molecule has 0 fully saturated rings. The van der Waals surface area contributed by atoms with Gasteiger partial charge in [-0.25, -0.2) is 0 Å². The third-order valence-corrected chi connectivity index (χ3v) is 2.74. The highest BCUT2D eigenvalue weighted by Gasteiger charge is 2.33. The van der Waals surface area contributed by atoms with Crippen molar-refractivity contribution in [3.8, 4) is 0 Å². The average molecular weight is 171 g/mol. The molecule has 0 saturated heterocycles. The summed E-state index contributed by atoms with van der Waals surface area (Å²) < 4.78 is 0. The Bertz CT molecular complexity index is 148. The minimum absolute atomic E-state index is 0.0294. The maximum absolute atomic E-state index is 9.21. The molecule has 0 spiro atoms. The zero-order valence-electron chi connectivity index (χ0n) is 7.53. The van der Waals surface area contributed by atoms with E-state index < -0.39 is 5.54 Å². The largest absolute Gasteiger partial charge is 0.394 e. The molecule has 3 nitrogen and oxygen atoms in total. The molecule has 0 bridgehead atoms. The first kappa shape index (κ1) is 9.71. The minimum atomic E-state index is -0.413. The fourth-order valence-corrected chi connectivity index (χ4v) is 1.56. The molecule has 0 radical (unpaired) electrons. The van der Waals surface area contributed by atoms with Gasteiger partial charge in [0, 0.05) is 13.1 Å². The Kier molecular flexibility index (Phi) is 3.26. The molecule has 0 amide bonds. The molecule has 3 heteroatoms. The first-order chi connectivity index (χ1) is 5.79. The zero-order valence-corrected chi connectivity index (χ0v) is 7.53. The number of hydrogen-bond donors (Lipinski definition) is 2. The third-order valence-electron chi connectivity index (χ3n) is 2.74. The van der Waals surface area contributed by atoms with Gasteiger partial charge in [0.05, 0.1) is 18.8 Å². The Morgan fingerprint density at radius 1 is 1.25 bits per heavy atom. The Morgan fingerprint density at radius 2 is 1.75 bits per heavy atom. The van der Waals surface area contributed by atoms with Crippen molar-refractivity contribution in [2.24, 2.45) is 0 Å². The molecule has 2 N–H and O–H groups in total. The van der Waals surface area contributed by atoms with Crippen LogP contribution in [0.15, 0.2) is 12.2 Å². The Balaban J connectivity index is 2.63. The summed E-state index contributed by atoms with van der Waals surface area (Å²) in [5.41, 5.74) is -0.413. The number of aliphatic hydroxyl groups excluding tert-OH is 2. The quantitative estimate of drug-likeness (QED) is 0.585. The van der Waals surface area contributed by atoms with Gasteiger partial charge in [-0.1, -0.05) is 19.1 Å². The van der Waals surface area contributed by atoms with Gasteiger partial charge in [-0.15, -0.1) is 0 Å². The third kappa shape index (κ3) is 1.53. The molecule has 1 aliphatic rings. The SMILES string of the molecule is CCC(CO)(CO)N1CC=CC1. The van der Waals surface area contributed by atoms with E-state index in [9.17, 15) is 10.2 Å². The van der Waals surface area contributed by atoms with Gasteiger partial charge in [0.25, 0.3) is 0 Å². The van der Waals surface area contributed by atoms with Crippen molar-refractivity contribution in [1.29, 1.82) is 0 Å². The highest BCUT2D eigenvalue weighted by molar-refractivity contribution is 5.02. The summed E-state index contributed by atoms with van der Waals surface area (Å²) in [7, 11) is 0. The molecule has 0 aromatic carbocycles. The van der Waals surface area contributed by atoms with Gasteiger partial charge in [0.15, 0.2) is 0 Å². The van der Waals surface area contributed by atoms with Gasteiger partial charge in [0.1, 0.15) is 0 Å². The first-order valence-corrected chi connectivity index (χ1v) is 4.41. The lowest BCUT2D eigenvalue weighted by Gasteiger charge is -2.38. The van der Waals surface area contributed by atoms with Crippen LogP contribution in [0.3, 0.4) is 0 Å². The van der Waals surface area contributed by atoms with Gasteiger partial charge in [-0.05, 0) is 6.42 Å². The molecular formula is C9H17NO2. The van der Waals surface area contributed by atoms with Crippen LogP contribution in [0.1, 0.15) is 13.3 Å². The van der Waals surface area contributed by atoms with E-state index in [4.69, 9.17) is 0 Å². The van der Waals surface area contributed by atoms with E-state index in [2.05, 4.69) is 17.1 Å². The van der Waals surface area contributed by atoms with Gasteiger partial charge in [-0.2, -0.15) is 0 Å². The Hall–Kier alpha value is -0.380. The van der Waals surface area contributed by atoms with E-state index in [0.29, 0.717) is 0 Å². The summed E-state index contributed by atoms with van der Waals surface area (Å²) in [6.07, 6.45) is 4.91. The van der Waals surface area contributed by atoms with Crippen LogP contribution in [0, 0.1) is 0 Å². The molecule has 0 atom stereocenters. The molecule has 0 unspecified atom stereocenters. The second-order valence-corrected chi connectivity index (χ2v) is 3.27. The second kappa shape index (κ2) is 4.03. The average Bonchev–Trinajstić information content (AvgIpc) is 2.62. The number of aliphatic hydroxyl groups is 2. The van der Waals surface area contributed by atoms with Crippen molar-refractivity contribution in [1.82, 2.24) is 4.90 Å². The van der Waals surface area contributed by atoms with Crippen molar-refractivity contribution in [3.05, 3.63) is 12.2 Å². The van der Waals surface area contributed by atoms with Crippen molar-refractivity contribution in [2.75, 3.05) is 26.3 Å². The predicted octanol–water partition coefficient (Wildman–Crippen LogP) is -0.00840. The molecule has 0 aromatic rings. The van der Waals surface area contributed by atoms with E-state index in [-0.39, 0.29) is 13.2 Å². The normalized spacial score (nSPS) is 18.9. The van der Waals surface area contributed by atoms with Crippen molar-refractivity contribution >= 4 is 0 Å². The lowest BCUT2D eigenvalue weighted by molar-refractivity contribution is 0.000757. The number of hydrogen-bond acceptors (Lipinski definition) is 3. The smallest absolute Gasteiger partial charge is 0.0675 e. The van der Waals surface area contributed by atoms with Crippen LogP contribution >= 0.6 is 0 Å². The lowest BCUT2D eigenvalue weighted by atomic mass is 9.96. The van der Waals surface area contributed by atoms with Crippen molar-refractivity contribution < 1.29 is 10.2 Å². The Morgan fingerprint density at radius 3 is 2.08 bits per heavy atom. The Labute approximate surface area is 73.3 Å². The van der Waals surface area contributed by atoms with Crippen molar-refractivity contribution in [3.63, 3.8) is 0 Å². The van der Waals surface area contributed by atoms with Gasteiger partial charge in [0.2, 0.25) is 0 Å². The van der Waals surface area contributed by atoms with Gasteiger partial charge >= 0.3 is 0 Å². The fraction of sp³-hybridized carbons (Fsp3) is 0.778. The van der Waals surface area contributed by atoms with E-state index in [1.54, 1.807) is 0 Å². The van der Waals surface area contributed by atoms with Crippen molar-refractivity contribution in [2.45, 2.75) is 18.9 Å². The van der Waals surface area contributed by atoms with Crippen LogP contribution in [0.2, 0.25) is 0 Å². The number of rotatable bonds is 4. The molecule has 12 heavy (non-hydrogen) atoms. The molecule has 1 aliphatic heterocycles. The fourth-order valence-electron chi connectivity index (χ4n) is 1.56. The van der Waals surface area contributed by atoms with E-state index >= 15 is 0 Å². The highest BCUT2D eigenvalue weighted by Crippen LogP contribution is 2.20.